The van der Waals surface area contributed by atoms with Crippen molar-refractivity contribution in [2.45, 2.75) is 25.9 Å². The van der Waals surface area contributed by atoms with E-state index < -0.39 is 0 Å². The number of hydrogen-bond donors (Lipinski definition) is 0. The highest BCUT2D eigenvalue weighted by molar-refractivity contribution is 5.96. The van der Waals surface area contributed by atoms with Crippen molar-refractivity contribution in [2.75, 3.05) is 0 Å². The second-order valence-corrected chi connectivity index (χ2v) is 8.19. The predicted molar refractivity (Wildman–Crippen MR) is 127 cm³/mol. The number of fused-ring (bicyclic) bond motifs is 11. The monoisotopic (exact) mass is 388 g/mol. The molecule has 1 aliphatic rings. The second-order valence-electron chi connectivity index (χ2n) is 8.19. The molecule has 5 aromatic rings. The van der Waals surface area contributed by atoms with E-state index in [4.69, 9.17) is 0 Å². The van der Waals surface area contributed by atoms with Gasteiger partial charge in [0.05, 0.1) is 0 Å². The molecule has 0 fully saturated rings. The first-order chi connectivity index (χ1) is 14.9. The van der Waals surface area contributed by atoms with Gasteiger partial charge in [0, 0.05) is 47.3 Å². The molecule has 0 saturated heterocycles. The van der Waals surface area contributed by atoms with E-state index in [1.807, 2.05) is 0 Å². The molecule has 2 heteroatoms. The summed E-state index contributed by atoms with van der Waals surface area (Å²) in [5.41, 5.74) is 8.11. The van der Waals surface area contributed by atoms with Crippen LogP contribution in [0.4, 0.5) is 0 Å². The lowest BCUT2D eigenvalue weighted by atomic mass is 10.0. The summed E-state index contributed by atoms with van der Waals surface area (Å²) >= 11 is 0. The summed E-state index contributed by atoms with van der Waals surface area (Å²) < 4.78 is 4.83. The average molecular weight is 389 g/mol. The molecule has 3 heterocycles. The highest BCUT2D eigenvalue weighted by atomic mass is 15.0. The van der Waals surface area contributed by atoms with E-state index in [2.05, 4.69) is 106 Å². The van der Waals surface area contributed by atoms with Crippen LogP contribution in [0.5, 0.6) is 0 Å². The van der Waals surface area contributed by atoms with Crippen molar-refractivity contribution < 1.29 is 0 Å². The zero-order valence-corrected chi connectivity index (χ0v) is 17.0. The van der Waals surface area contributed by atoms with E-state index >= 15 is 0 Å². The number of rotatable bonds is 0. The molecule has 3 aromatic carbocycles. The standard InChI is InChI=1S/C28H24N2/c1-2-8-22-16-18-30-20-24(26-10-4-6-12-28(26)30)14-13-23-19-29(17-15-21(22)7-1)27-11-5-3-9-25(23)27/h1-14,19-20H,15-18H2/b14-13-. The third kappa shape index (κ3) is 2.88. The Morgan fingerprint density at radius 2 is 0.933 bits per heavy atom. The number of aromatic nitrogens is 2. The smallest absolute Gasteiger partial charge is 0.0486 e. The van der Waals surface area contributed by atoms with Crippen LogP contribution in [0.2, 0.25) is 0 Å². The van der Waals surface area contributed by atoms with E-state index in [0.29, 0.717) is 0 Å². The highest BCUT2D eigenvalue weighted by Crippen LogP contribution is 2.28. The van der Waals surface area contributed by atoms with Gasteiger partial charge in [0.1, 0.15) is 0 Å². The zero-order chi connectivity index (χ0) is 19.9. The minimum Gasteiger partial charge on any atom is -0.347 e. The molecule has 2 aromatic heterocycles. The van der Waals surface area contributed by atoms with Gasteiger partial charge in [-0.2, -0.15) is 0 Å². The average Bonchev–Trinajstić information content (AvgIpc) is 3.33. The Morgan fingerprint density at radius 3 is 1.43 bits per heavy atom. The molecule has 146 valence electrons. The van der Waals surface area contributed by atoms with E-state index in [1.165, 1.54) is 44.1 Å². The van der Waals surface area contributed by atoms with Gasteiger partial charge < -0.3 is 9.13 Å². The van der Waals surface area contributed by atoms with Crippen LogP contribution in [0.1, 0.15) is 22.3 Å². The highest BCUT2D eigenvalue weighted by Gasteiger charge is 2.11. The molecule has 0 unspecified atom stereocenters. The van der Waals surface area contributed by atoms with Crippen molar-refractivity contribution in [3.8, 4) is 0 Å². The Hall–Kier alpha value is -3.52. The lowest BCUT2D eigenvalue weighted by Gasteiger charge is -2.12. The number of hydrogen-bond acceptors (Lipinski definition) is 0. The third-order valence-electron chi connectivity index (χ3n) is 6.44. The fraction of sp³-hybridized carbons (Fsp3) is 0.143. The summed E-state index contributed by atoms with van der Waals surface area (Å²) in [6, 6.07) is 26.5. The normalized spacial score (nSPS) is 15.1. The van der Waals surface area contributed by atoms with Crippen LogP contribution in [0, 0.1) is 0 Å². The van der Waals surface area contributed by atoms with Crippen molar-refractivity contribution in [2.24, 2.45) is 0 Å². The van der Waals surface area contributed by atoms with Crippen LogP contribution in [0.15, 0.2) is 85.2 Å². The molecule has 2 nitrogen and oxygen atoms in total. The maximum absolute atomic E-state index is 2.42. The molecule has 0 N–H and O–H groups in total. The van der Waals surface area contributed by atoms with Gasteiger partial charge in [-0.25, -0.2) is 0 Å². The SMILES string of the molecule is C1=C\c2cn(c3ccccc23)CCc2ccccc2CCn2cc/1c1ccccc12. The summed E-state index contributed by atoms with van der Waals surface area (Å²) in [6.45, 7) is 2.00. The molecular weight excluding hydrogens is 364 g/mol. The molecule has 30 heavy (non-hydrogen) atoms. The third-order valence-corrected chi connectivity index (χ3v) is 6.44. The molecule has 0 aliphatic carbocycles. The van der Waals surface area contributed by atoms with Gasteiger partial charge in [-0.3, -0.25) is 0 Å². The molecule has 0 spiro atoms. The second kappa shape index (κ2) is 7.07. The van der Waals surface area contributed by atoms with Crippen molar-refractivity contribution in [1.29, 1.82) is 0 Å². The molecule has 6 rings (SSSR count). The van der Waals surface area contributed by atoms with E-state index in [0.717, 1.165) is 25.9 Å². The maximum atomic E-state index is 2.42. The van der Waals surface area contributed by atoms with E-state index in [1.54, 1.807) is 0 Å². The number of para-hydroxylation sites is 2. The molecule has 0 atom stereocenters. The quantitative estimate of drug-likeness (QED) is 0.284. The van der Waals surface area contributed by atoms with Gasteiger partial charge in [0.2, 0.25) is 0 Å². The van der Waals surface area contributed by atoms with Crippen LogP contribution in [0.3, 0.4) is 0 Å². The Kier molecular flexibility index (Phi) is 4.09. The minimum absolute atomic E-state index is 0.998. The number of benzene rings is 3. The van der Waals surface area contributed by atoms with Crippen LogP contribution in [-0.2, 0) is 25.9 Å². The molecule has 1 aliphatic heterocycles. The Bertz CT molecular complexity index is 1290. The number of nitrogens with zero attached hydrogens (tertiary/aromatic N) is 2. The zero-order valence-electron chi connectivity index (χ0n) is 17.0. The summed E-state index contributed by atoms with van der Waals surface area (Å²) in [7, 11) is 0. The molecule has 0 saturated carbocycles. The molecule has 0 amide bonds. The van der Waals surface area contributed by atoms with Gasteiger partial charge >= 0.3 is 0 Å². The predicted octanol–water partition coefficient (Wildman–Crippen LogP) is 6.57. The van der Waals surface area contributed by atoms with Crippen molar-refractivity contribution in [3.05, 3.63) is 107 Å². The Labute approximate surface area is 176 Å². The molecular formula is C28H24N2. The van der Waals surface area contributed by atoms with Gasteiger partial charge in [-0.15, -0.1) is 0 Å². The van der Waals surface area contributed by atoms with Crippen LogP contribution >= 0.6 is 0 Å². The Balaban J connectivity index is 1.57. The Morgan fingerprint density at radius 1 is 0.500 bits per heavy atom. The number of aryl methyl sites for hydroxylation is 4. The summed E-state index contributed by atoms with van der Waals surface area (Å²) in [5, 5.41) is 2.64. The fourth-order valence-corrected chi connectivity index (χ4v) is 4.89. The first-order valence-electron chi connectivity index (χ1n) is 10.8. The maximum Gasteiger partial charge on any atom is 0.0486 e. The largest absolute Gasteiger partial charge is 0.347 e. The van der Waals surface area contributed by atoms with Gasteiger partial charge in [-0.1, -0.05) is 72.8 Å². The first kappa shape index (κ1) is 17.3. The van der Waals surface area contributed by atoms with Gasteiger partial charge in [-0.05, 0) is 47.2 Å². The first-order valence-corrected chi connectivity index (χ1v) is 10.8. The fourth-order valence-electron chi connectivity index (χ4n) is 4.89. The summed E-state index contributed by atoms with van der Waals surface area (Å²) in [5.74, 6) is 0. The van der Waals surface area contributed by atoms with E-state index in [9.17, 15) is 0 Å². The van der Waals surface area contributed by atoms with Crippen LogP contribution in [0.25, 0.3) is 34.0 Å². The van der Waals surface area contributed by atoms with Crippen molar-refractivity contribution >= 4 is 34.0 Å². The summed E-state index contributed by atoms with van der Waals surface area (Å²) in [6.07, 6.45) is 11.3. The van der Waals surface area contributed by atoms with Gasteiger partial charge in [0.15, 0.2) is 0 Å². The summed E-state index contributed by atoms with van der Waals surface area (Å²) in [4.78, 5) is 0. The van der Waals surface area contributed by atoms with Crippen LogP contribution in [-0.4, -0.2) is 9.13 Å². The topological polar surface area (TPSA) is 9.86 Å². The van der Waals surface area contributed by atoms with E-state index in [-0.39, 0.29) is 0 Å². The molecule has 0 radical (unpaired) electrons. The molecule has 4 bridgehead atoms. The van der Waals surface area contributed by atoms with Crippen molar-refractivity contribution in [3.63, 3.8) is 0 Å². The lowest BCUT2D eigenvalue weighted by Crippen LogP contribution is -2.05. The van der Waals surface area contributed by atoms with Gasteiger partial charge in [0.25, 0.3) is 0 Å². The van der Waals surface area contributed by atoms with Crippen molar-refractivity contribution in [1.82, 2.24) is 9.13 Å². The van der Waals surface area contributed by atoms with Crippen LogP contribution < -0.4 is 0 Å². The lowest BCUT2D eigenvalue weighted by molar-refractivity contribution is 0.693. The minimum atomic E-state index is 0.998.